The van der Waals surface area contributed by atoms with E-state index >= 15 is 0 Å². The maximum Gasteiger partial charge on any atom is 0.138 e. The quantitative estimate of drug-likeness (QED) is 0.942. The normalized spacial score (nSPS) is 22.0. The van der Waals surface area contributed by atoms with Crippen LogP contribution in [0.2, 0.25) is 0 Å². The summed E-state index contributed by atoms with van der Waals surface area (Å²) in [6.45, 7) is 7.56. The van der Waals surface area contributed by atoms with Crippen molar-refractivity contribution in [3.8, 4) is 5.69 Å². The first-order valence-corrected chi connectivity index (χ1v) is 7.63. The smallest absolute Gasteiger partial charge is 0.138 e. The fourth-order valence-corrected chi connectivity index (χ4v) is 3.37. The van der Waals surface area contributed by atoms with Gasteiger partial charge in [-0.15, -0.1) is 0 Å². The van der Waals surface area contributed by atoms with Gasteiger partial charge in [-0.25, -0.2) is 4.68 Å². The maximum absolute atomic E-state index is 9.79. The number of aliphatic hydroxyl groups is 1. The molecule has 1 saturated heterocycles. The van der Waals surface area contributed by atoms with E-state index < -0.39 is 0 Å². The topological polar surface area (TPSA) is 41.3 Å². The van der Waals surface area contributed by atoms with Crippen LogP contribution in [-0.4, -0.2) is 27.5 Å². The molecule has 1 aromatic carbocycles. The number of anilines is 1. The molecular weight excluding hydrogens is 262 g/mol. The van der Waals surface area contributed by atoms with Gasteiger partial charge in [-0.1, -0.05) is 25.1 Å². The summed E-state index contributed by atoms with van der Waals surface area (Å²) < 4.78 is 1.98. The standard InChI is InChI=1S/C17H23N3O/c1-12-9-13(2)19(10-12)17-16(11-21)14(3)18-20(17)15-7-5-4-6-8-15/h4-8,12-13,21H,9-11H2,1-3H3. The van der Waals surface area contributed by atoms with E-state index in [1.807, 2.05) is 29.8 Å². The van der Waals surface area contributed by atoms with Gasteiger partial charge in [-0.05, 0) is 38.3 Å². The van der Waals surface area contributed by atoms with Crippen LogP contribution in [0, 0.1) is 12.8 Å². The second kappa shape index (κ2) is 5.53. The molecule has 2 heterocycles. The van der Waals surface area contributed by atoms with Crippen molar-refractivity contribution in [3.63, 3.8) is 0 Å². The number of hydrogen-bond donors (Lipinski definition) is 1. The van der Waals surface area contributed by atoms with Crippen molar-refractivity contribution in [2.45, 2.75) is 39.8 Å². The molecule has 0 spiro atoms. The minimum atomic E-state index is 0.0333. The van der Waals surface area contributed by atoms with Gasteiger partial charge in [-0.2, -0.15) is 5.10 Å². The molecule has 1 aliphatic heterocycles. The average molecular weight is 285 g/mol. The van der Waals surface area contributed by atoms with Gasteiger partial charge < -0.3 is 10.0 Å². The fourth-order valence-electron chi connectivity index (χ4n) is 3.37. The fraction of sp³-hybridized carbons (Fsp3) is 0.471. The number of aryl methyl sites for hydroxylation is 1. The molecule has 0 saturated carbocycles. The average Bonchev–Trinajstić information content (AvgIpc) is 2.98. The highest BCUT2D eigenvalue weighted by Crippen LogP contribution is 2.34. The summed E-state index contributed by atoms with van der Waals surface area (Å²) in [5.74, 6) is 1.73. The highest BCUT2D eigenvalue weighted by atomic mass is 16.3. The Morgan fingerprint density at radius 1 is 1.24 bits per heavy atom. The Hall–Kier alpha value is -1.81. The van der Waals surface area contributed by atoms with Crippen LogP contribution in [0.4, 0.5) is 5.82 Å². The van der Waals surface area contributed by atoms with E-state index in [9.17, 15) is 5.11 Å². The predicted octanol–water partition coefficient (Wildman–Crippen LogP) is 2.91. The highest BCUT2D eigenvalue weighted by Gasteiger charge is 2.31. The molecule has 1 fully saturated rings. The molecule has 0 amide bonds. The Morgan fingerprint density at radius 2 is 1.95 bits per heavy atom. The SMILES string of the molecule is Cc1nn(-c2ccccc2)c(N2CC(C)CC2C)c1CO. The number of benzene rings is 1. The third-order valence-corrected chi connectivity index (χ3v) is 4.37. The van der Waals surface area contributed by atoms with Crippen LogP contribution < -0.4 is 4.90 Å². The third kappa shape index (κ3) is 2.44. The number of aromatic nitrogens is 2. The van der Waals surface area contributed by atoms with E-state index in [1.165, 1.54) is 6.42 Å². The highest BCUT2D eigenvalue weighted by molar-refractivity contribution is 5.56. The number of rotatable bonds is 3. The van der Waals surface area contributed by atoms with Gasteiger partial charge in [0.05, 0.1) is 18.0 Å². The van der Waals surface area contributed by atoms with Gasteiger partial charge >= 0.3 is 0 Å². The summed E-state index contributed by atoms with van der Waals surface area (Å²) >= 11 is 0. The van der Waals surface area contributed by atoms with Crippen molar-refractivity contribution in [2.24, 2.45) is 5.92 Å². The summed E-state index contributed by atoms with van der Waals surface area (Å²) in [4.78, 5) is 2.39. The van der Waals surface area contributed by atoms with Crippen LogP contribution in [0.3, 0.4) is 0 Å². The van der Waals surface area contributed by atoms with E-state index in [0.29, 0.717) is 12.0 Å². The van der Waals surface area contributed by atoms with Gasteiger partial charge in [0.1, 0.15) is 5.82 Å². The van der Waals surface area contributed by atoms with Crippen molar-refractivity contribution in [1.82, 2.24) is 9.78 Å². The van der Waals surface area contributed by atoms with E-state index in [1.54, 1.807) is 0 Å². The van der Waals surface area contributed by atoms with Crippen LogP contribution >= 0.6 is 0 Å². The van der Waals surface area contributed by atoms with Gasteiger partial charge in [0.2, 0.25) is 0 Å². The molecule has 1 aliphatic rings. The minimum Gasteiger partial charge on any atom is -0.391 e. The van der Waals surface area contributed by atoms with E-state index in [-0.39, 0.29) is 6.61 Å². The Kier molecular flexibility index (Phi) is 3.72. The lowest BCUT2D eigenvalue weighted by Crippen LogP contribution is -2.29. The molecular formula is C17H23N3O. The third-order valence-electron chi connectivity index (χ3n) is 4.37. The summed E-state index contributed by atoms with van der Waals surface area (Å²) in [6, 6.07) is 10.6. The Bertz CT molecular complexity index is 620. The largest absolute Gasteiger partial charge is 0.391 e. The number of hydrogen-bond acceptors (Lipinski definition) is 3. The van der Waals surface area contributed by atoms with Gasteiger partial charge in [0, 0.05) is 18.2 Å². The molecule has 2 atom stereocenters. The lowest BCUT2D eigenvalue weighted by molar-refractivity contribution is 0.281. The van der Waals surface area contributed by atoms with E-state index in [4.69, 9.17) is 0 Å². The zero-order valence-corrected chi connectivity index (χ0v) is 13.0. The Morgan fingerprint density at radius 3 is 2.52 bits per heavy atom. The van der Waals surface area contributed by atoms with Crippen molar-refractivity contribution in [3.05, 3.63) is 41.6 Å². The molecule has 1 N–H and O–H groups in total. The van der Waals surface area contributed by atoms with Crippen molar-refractivity contribution < 1.29 is 5.11 Å². The lowest BCUT2D eigenvalue weighted by atomic mass is 10.1. The molecule has 4 heteroatoms. The first-order valence-electron chi connectivity index (χ1n) is 7.63. The van der Waals surface area contributed by atoms with E-state index in [0.717, 1.165) is 29.3 Å². The van der Waals surface area contributed by atoms with Crippen LogP contribution in [0.15, 0.2) is 30.3 Å². The first-order chi connectivity index (χ1) is 10.1. The molecule has 0 aliphatic carbocycles. The summed E-state index contributed by atoms with van der Waals surface area (Å²) in [5.41, 5.74) is 2.89. The molecule has 21 heavy (non-hydrogen) atoms. The molecule has 3 rings (SSSR count). The van der Waals surface area contributed by atoms with Crippen molar-refractivity contribution >= 4 is 5.82 Å². The number of aliphatic hydroxyl groups excluding tert-OH is 1. The maximum atomic E-state index is 9.79. The molecule has 2 unspecified atom stereocenters. The summed E-state index contributed by atoms with van der Waals surface area (Å²) in [5, 5.41) is 14.5. The Balaban J connectivity index is 2.13. The molecule has 2 aromatic rings. The second-order valence-electron chi connectivity index (χ2n) is 6.14. The van der Waals surface area contributed by atoms with Crippen LogP contribution in [0.25, 0.3) is 5.69 Å². The number of para-hydroxylation sites is 1. The molecule has 1 aromatic heterocycles. The second-order valence-corrected chi connectivity index (χ2v) is 6.14. The van der Waals surface area contributed by atoms with Crippen LogP contribution in [0.1, 0.15) is 31.5 Å². The molecule has 0 radical (unpaired) electrons. The van der Waals surface area contributed by atoms with Gasteiger partial charge in [0.15, 0.2) is 0 Å². The monoisotopic (exact) mass is 285 g/mol. The molecule has 4 nitrogen and oxygen atoms in total. The zero-order chi connectivity index (χ0) is 15.0. The van der Waals surface area contributed by atoms with Crippen molar-refractivity contribution in [1.29, 1.82) is 0 Å². The summed E-state index contributed by atoms with van der Waals surface area (Å²) in [6.07, 6.45) is 1.18. The summed E-state index contributed by atoms with van der Waals surface area (Å²) in [7, 11) is 0. The van der Waals surface area contributed by atoms with Crippen molar-refractivity contribution in [2.75, 3.05) is 11.4 Å². The minimum absolute atomic E-state index is 0.0333. The predicted molar refractivity (Wildman–Crippen MR) is 84.8 cm³/mol. The number of nitrogens with zero attached hydrogens (tertiary/aromatic N) is 3. The van der Waals surface area contributed by atoms with Gasteiger partial charge in [0.25, 0.3) is 0 Å². The lowest BCUT2D eigenvalue weighted by Gasteiger charge is -2.26. The molecule has 0 bridgehead atoms. The van der Waals surface area contributed by atoms with Crippen LogP contribution in [0.5, 0.6) is 0 Å². The first kappa shape index (κ1) is 14.1. The molecule has 112 valence electrons. The van der Waals surface area contributed by atoms with E-state index in [2.05, 4.69) is 36.0 Å². The zero-order valence-electron chi connectivity index (χ0n) is 13.0. The van der Waals surface area contributed by atoms with Crippen LogP contribution in [-0.2, 0) is 6.61 Å². The Labute approximate surface area is 126 Å². The van der Waals surface area contributed by atoms with Gasteiger partial charge in [-0.3, -0.25) is 0 Å².